The van der Waals surface area contributed by atoms with Crippen LogP contribution in [-0.2, 0) is 4.79 Å². The van der Waals surface area contributed by atoms with E-state index in [-0.39, 0.29) is 42.8 Å². The first-order chi connectivity index (χ1) is 7.68. The number of hydrogen-bond donors (Lipinski definition) is 1. The fraction of sp³-hybridized carbons (Fsp3) is 0.636. The van der Waals surface area contributed by atoms with Gasteiger partial charge in [0.25, 0.3) is 0 Å². The highest BCUT2D eigenvalue weighted by Gasteiger charge is 2.26. The summed E-state index contributed by atoms with van der Waals surface area (Å²) in [5, 5.41) is 4.09. The summed E-state index contributed by atoms with van der Waals surface area (Å²) in [6.45, 7) is 3.36. The predicted molar refractivity (Wildman–Crippen MR) is 75.2 cm³/mol. The third-order valence-corrected chi connectivity index (χ3v) is 3.05. The molecule has 0 bridgehead atoms. The molecule has 0 radical (unpaired) electrons. The number of rotatable bonds is 2. The van der Waals surface area contributed by atoms with Crippen molar-refractivity contribution in [2.24, 2.45) is 5.73 Å². The quantitative estimate of drug-likeness (QED) is 0.892. The molecule has 0 spiro atoms. The van der Waals surface area contributed by atoms with Crippen molar-refractivity contribution < 1.29 is 4.79 Å². The molecule has 18 heavy (non-hydrogen) atoms. The van der Waals surface area contributed by atoms with Crippen LogP contribution in [-0.4, -0.2) is 39.7 Å². The van der Waals surface area contributed by atoms with E-state index in [1.807, 2.05) is 24.1 Å². The molecule has 0 aromatic carbocycles. The summed E-state index contributed by atoms with van der Waals surface area (Å²) in [5.41, 5.74) is 5.87. The van der Waals surface area contributed by atoms with Crippen molar-refractivity contribution in [1.82, 2.24) is 14.7 Å². The molecule has 2 N–H and O–H groups in total. The minimum Gasteiger partial charge on any atom is -0.339 e. The molecule has 5 nitrogen and oxygen atoms in total. The zero-order chi connectivity index (χ0) is 11.5. The van der Waals surface area contributed by atoms with Crippen LogP contribution in [0.25, 0.3) is 0 Å². The molecule has 1 unspecified atom stereocenters. The van der Waals surface area contributed by atoms with Crippen LogP contribution in [0.5, 0.6) is 0 Å². The average Bonchev–Trinajstić information content (AvgIpc) is 2.80. The van der Waals surface area contributed by atoms with Gasteiger partial charge in [-0.2, -0.15) is 5.10 Å². The maximum atomic E-state index is 12.2. The second-order valence-corrected chi connectivity index (χ2v) is 4.35. The highest BCUT2D eigenvalue weighted by atomic mass is 35.5. The van der Waals surface area contributed by atoms with E-state index in [0.29, 0.717) is 6.54 Å². The number of carbonyl (C=O) groups excluding carboxylic acids is 1. The van der Waals surface area contributed by atoms with E-state index >= 15 is 0 Å². The number of halogens is 2. The van der Waals surface area contributed by atoms with Crippen LogP contribution in [0.3, 0.4) is 0 Å². The Morgan fingerprint density at radius 1 is 1.50 bits per heavy atom. The van der Waals surface area contributed by atoms with E-state index in [1.54, 1.807) is 10.9 Å². The molecule has 1 amide bonds. The second kappa shape index (κ2) is 7.61. The zero-order valence-corrected chi connectivity index (χ0v) is 12.0. The number of hydrogen-bond acceptors (Lipinski definition) is 3. The third kappa shape index (κ3) is 3.86. The SMILES string of the molecule is CC(C(=O)N1CCC[C@@H](N)C1)n1cccn1.Cl.Cl. The fourth-order valence-electron chi connectivity index (χ4n) is 2.10. The van der Waals surface area contributed by atoms with Gasteiger partial charge in [0.05, 0.1) is 0 Å². The number of aromatic nitrogens is 2. The molecular formula is C11H20Cl2N4O. The van der Waals surface area contributed by atoms with Gasteiger partial charge in [-0.25, -0.2) is 0 Å². The van der Waals surface area contributed by atoms with Crippen LogP contribution in [0, 0.1) is 0 Å². The molecule has 1 aliphatic heterocycles. The number of carbonyl (C=O) groups is 1. The molecule has 104 valence electrons. The highest BCUT2D eigenvalue weighted by Crippen LogP contribution is 2.14. The Kier molecular flexibility index (Phi) is 7.28. The topological polar surface area (TPSA) is 64.2 Å². The number of likely N-dealkylation sites (tertiary alicyclic amines) is 1. The Labute approximate surface area is 120 Å². The minimum atomic E-state index is -0.236. The van der Waals surface area contributed by atoms with Crippen molar-refractivity contribution in [2.45, 2.75) is 31.8 Å². The first-order valence-electron chi connectivity index (χ1n) is 5.72. The van der Waals surface area contributed by atoms with E-state index in [0.717, 1.165) is 19.4 Å². The zero-order valence-electron chi connectivity index (χ0n) is 10.4. The minimum absolute atomic E-state index is 0. The summed E-state index contributed by atoms with van der Waals surface area (Å²) in [5.74, 6) is 0.110. The lowest BCUT2D eigenvalue weighted by molar-refractivity contribution is -0.135. The summed E-state index contributed by atoms with van der Waals surface area (Å²) in [6, 6.07) is 1.72. The predicted octanol–water partition coefficient (Wildman–Crippen LogP) is 1.24. The first kappa shape index (κ1) is 17.2. The molecule has 2 heterocycles. The number of nitrogens with two attached hydrogens (primary N) is 1. The van der Waals surface area contributed by atoms with Crippen molar-refractivity contribution in [3.63, 3.8) is 0 Å². The molecule has 1 saturated heterocycles. The second-order valence-electron chi connectivity index (χ2n) is 4.35. The molecule has 0 aliphatic carbocycles. The number of piperidine rings is 1. The first-order valence-corrected chi connectivity index (χ1v) is 5.72. The normalized spacial score (nSPS) is 20.6. The maximum absolute atomic E-state index is 12.2. The van der Waals surface area contributed by atoms with E-state index in [1.165, 1.54) is 0 Å². The van der Waals surface area contributed by atoms with Gasteiger partial charge in [-0.15, -0.1) is 24.8 Å². The Morgan fingerprint density at radius 3 is 2.78 bits per heavy atom. The summed E-state index contributed by atoms with van der Waals surface area (Å²) >= 11 is 0. The van der Waals surface area contributed by atoms with Gasteiger partial charge < -0.3 is 10.6 Å². The molecule has 1 aromatic rings. The molecule has 2 atom stereocenters. The Morgan fingerprint density at radius 2 is 2.22 bits per heavy atom. The van der Waals surface area contributed by atoms with Gasteiger partial charge in [0.1, 0.15) is 6.04 Å². The van der Waals surface area contributed by atoms with Crippen molar-refractivity contribution in [3.05, 3.63) is 18.5 Å². The Balaban J connectivity index is 0.00000144. The van der Waals surface area contributed by atoms with E-state index < -0.39 is 0 Å². The van der Waals surface area contributed by atoms with Gasteiger partial charge in [0, 0.05) is 31.5 Å². The van der Waals surface area contributed by atoms with E-state index in [4.69, 9.17) is 5.73 Å². The van der Waals surface area contributed by atoms with Crippen molar-refractivity contribution in [3.8, 4) is 0 Å². The van der Waals surface area contributed by atoms with Gasteiger partial charge in [0.2, 0.25) is 5.91 Å². The lowest BCUT2D eigenvalue weighted by atomic mass is 10.1. The molecule has 2 rings (SSSR count). The average molecular weight is 295 g/mol. The van der Waals surface area contributed by atoms with Crippen LogP contribution in [0.1, 0.15) is 25.8 Å². The fourth-order valence-corrected chi connectivity index (χ4v) is 2.10. The number of amides is 1. The monoisotopic (exact) mass is 294 g/mol. The molecular weight excluding hydrogens is 275 g/mol. The summed E-state index contributed by atoms with van der Waals surface area (Å²) in [6.07, 6.45) is 5.51. The number of nitrogens with zero attached hydrogens (tertiary/aromatic N) is 3. The van der Waals surface area contributed by atoms with E-state index in [9.17, 15) is 4.79 Å². The molecule has 1 aromatic heterocycles. The smallest absolute Gasteiger partial charge is 0.247 e. The third-order valence-electron chi connectivity index (χ3n) is 3.05. The maximum Gasteiger partial charge on any atom is 0.247 e. The van der Waals surface area contributed by atoms with E-state index in [2.05, 4.69) is 5.10 Å². The van der Waals surface area contributed by atoms with Gasteiger partial charge in [0.15, 0.2) is 0 Å². The van der Waals surface area contributed by atoms with Crippen LogP contribution in [0.15, 0.2) is 18.5 Å². The van der Waals surface area contributed by atoms with Crippen molar-refractivity contribution in [1.29, 1.82) is 0 Å². The van der Waals surface area contributed by atoms with Gasteiger partial charge in [-0.3, -0.25) is 9.48 Å². The van der Waals surface area contributed by atoms with Crippen molar-refractivity contribution >= 4 is 30.7 Å². The van der Waals surface area contributed by atoms with Crippen LogP contribution < -0.4 is 5.73 Å². The summed E-state index contributed by atoms with van der Waals surface area (Å²) in [4.78, 5) is 14.0. The molecule has 0 saturated carbocycles. The summed E-state index contributed by atoms with van der Waals surface area (Å²) < 4.78 is 1.68. The highest BCUT2D eigenvalue weighted by molar-refractivity contribution is 5.85. The summed E-state index contributed by atoms with van der Waals surface area (Å²) in [7, 11) is 0. The molecule has 1 aliphatic rings. The Bertz CT molecular complexity index is 358. The van der Waals surface area contributed by atoms with Crippen LogP contribution in [0.2, 0.25) is 0 Å². The molecule has 7 heteroatoms. The standard InChI is InChI=1S/C11H18N4O.2ClH/c1-9(15-7-3-5-13-15)11(16)14-6-2-4-10(12)8-14;;/h3,5,7,9-10H,2,4,6,8,12H2,1H3;2*1H/t9?,10-;;/m1../s1. The van der Waals surface area contributed by atoms with Crippen LogP contribution in [0.4, 0.5) is 0 Å². The molecule has 1 fully saturated rings. The van der Waals surface area contributed by atoms with Gasteiger partial charge >= 0.3 is 0 Å². The lowest BCUT2D eigenvalue weighted by Crippen LogP contribution is -2.47. The van der Waals surface area contributed by atoms with Gasteiger partial charge in [-0.05, 0) is 25.8 Å². The van der Waals surface area contributed by atoms with Gasteiger partial charge in [-0.1, -0.05) is 0 Å². The van der Waals surface area contributed by atoms with Crippen LogP contribution >= 0.6 is 24.8 Å². The largest absolute Gasteiger partial charge is 0.339 e. The van der Waals surface area contributed by atoms with Crippen molar-refractivity contribution in [2.75, 3.05) is 13.1 Å². The lowest BCUT2D eigenvalue weighted by Gasteiger charge is -2.32. The Hall–Kier alpha value is -0.780.